The fraction of sp³-hybridized carbons (Fsp3) is 0.385. The maximum atomic E-state index is 13.3. The Morgan fingerprint density at radius 2 is 2.10 bits per heavy atom. The Kier molecular flexibility index (Phi) is 5.08. The normalized spacial score (nSPS) is 15.6. The molecule has 1 aromatic rings. The molecule has 2 N–H and O–H groups in total. The van der Waals surface area contributed by atoms with Gasteiger partial charge in [-0.25, -0.2) is 4.39 Å². The molecule has 1 heterocycles. The van der Waals surface area contributed by atoms with Gasteiger partial charge in [0.25, 0.3) is 0 Å². The van der Waals surface area contributed by atoms with E-state index in [9.17, 15) is 14.0 Å². The summed E-state index contributed by atoms with van der Waals surface area (Å²) in [5, 5.41) is 5.57. The number of benzene rings is 1. The summed E-state index contributed by atoms with van der Waals surface area (Å²) in [6, 6.07) is 4.17. The molecule has 7 heteroatoms. The number of rotatable bonds is 1. The van der Waals surface area contributed by atoms with E-state index in [1.54, 1.807) is 0 Å². The van der Waals surface area contributed by atoms with E-state index in [-0.39, 0.29) is 5.69 Å². The number of nitrogens with zero attached hydrogens (tertiary/aromatic N) is 1. The molecule has 1 aliphatic heterocycles. The van der Waals surface area contributed by atoms with Gasteiger partial charge in [-0.3, -0.25) is 9.59 Å². The van der Waals surface area contributed by atoms with Gasteiger partial charge in [-0.2, -0.15) is 0 Å². The fourth-order valence-corrected chi connectivity index (χ4v) is 2.20. The second kappa shape index (κ2) is 6.81. The lowest BCUT2D eigenvalue weighted by molar-refractivity contribution is -0.143. The highest BCUT2D eigenvalue weighted by Crippen LogP contribution is 2.19. The zero-order chi connectivity index (χ0) is 14.5. The smallest absolute Gasteiger partial charge is 0.313 e. The van der Waals surface area contributed by atoms with Gasteiger partial charge in [-0.05, 0) is 47.1 Å². The summed E-state index contributed by atoms with van der Waals surface area (Å²) in [5.41, 5.74) is 0.261. The topological polar surface area (TPSA) is 61.4 Å². The van der Waals surface area contributed by atoms with Crippen molar-refractivity contribution >= 4 is 33.4 Å². The lowest BCUT2D eigenvalue weighted by Crippen LogP contribution is -2.41. The van der Waals surface area contributed by atoms with E-state index in [4.69, 9.17) is 0 Å². The number of carbonyl (C=O) groups excluding carboxylic acids is 2. The molecule has 0 atom stereocenters. The lowest BCUT2D eigenvalue weighted by Gasteiger charge is -2.19. The van der Waals surface area contributed by atoms with Crippen LogP contribution in [0.25, 0.3) is 0 Å². The van der Waals surface area contributed by atoms with Crippen molar-refractivity contribution in [3.63, 3.8) is 0 Å². The van der Waals surface area contributed by atoms with Gasteiger partial charge in [0.1, 0.15) is 5.82 Å². The van der Waals surface area contributed by atoms with E-state index in [0.717, 1.165) is 13.0 Å². The van der Waals surface area contributed by atoms with E-state index in [2.05, 4.69) is 26.6 Å². The number of hydrogen-bond acceptors (Lipinski definition) is 3. The Bertz CT molecular complexity index is 516. The van der Waals surface area contributed by atoms with Crippen LogP contribution in [-0.4, -0.2) is 42.9 Å². The van der Waals surface area contributed by atoms with Crippen molar-refractivity contribution in [2.45, 2.75) is 6.42 Å². The molecule has 0 unspecified atom stereocenters. The average Bonchev–Trinajstić information content (AvgIpc) is 2.71. The van der Waals surface area contributed by atoms with Crippen LogP contribution < -0.4 is 10.6 Å². The third-order valence-electron chi connectivity index (χ3n) is 3.00. The van der Waals surface area contributed by atoms with Gasteiger partial charge in [-0.1, -0.05) is 0 Å². The van der Waals surface area contributed by atoms with Crippen LogP contribution in [0.1, 0.15) is 6.42 Å². The molecular weight excluding hydrogens is 329 g/mol. The number of halogens is 2. The van der Waals surface area contributed by atoms with Crippen LogP contribution in [0.4, 0.5) is 10.1 Å². The Morgan fingerprint density at radius 1 is 1.30 bits per heavy atom. The molecule has 0 bridgehead atoms. The second-order valence-corrected chi connectivity index (χ2v) is 5.33. The largest absolute Gasteiger partial charge is 0.333 e. The second-order valence-electron chi connectivity index (χ2n) is 4.48. The summed E-state index contributed by atoms with van der Waals surface area (Å²) in [6.07, 6.45) is 0.811. The van der Waals surface area contributed by atoms with Gasteiger partial charge in [0.05, 0.1) is 4.47 Å². The first-order valence-electron chi connectivity index (χ1n) is 6.34. The van der Waals surface area contributed by atoms with Crippen molar-refractivity contribution in [3.05, 3.63) is 28.5 Å². The van der Waals surface area contributed by atoms with E-state index in [0.29, 0.717) is 24.1 Å². The molecule has 1 aliphatic rings. The molecule has 0 aromatic heterocycles. The highest BCUT2D eigenvalue weighted by atomic mass is 79.9. The Labute approximate surface area is 124 Å². The van der Waals surface area contributed by atoms with Gasteiger partial charge in [0.15, 0.2) is 0 Å². The number of anilines is 1. The van der Waals surface area contributed by atoms with Gasteiger partial charge in [0, 0.05) is 25.3 Å². The van der Waals surface area contributed by atoms with E-state index < -0.39 is 17.6 Å². The fourth-order valence-electron chi connectivity index (χ4n) is 1.95. The van der Waals surface area contributed by atoms with Crippen molar-refractivity contribution in [1.29, 1.82) is 0 Å². The van der Waals surface area contributed by atoms with Gasteiger partial charge in [-0.15, -0.1) is 0 Å². The van der Waals surface area contributed by atoms with Gasteiger partial charge >= 0.3 is 11.8 Å². The van der Waals surface area contributed by atoms with Crippen molar-refractivity contribution in [2.24, 2.45) is 0 Å². The summed E-state index contributed by atoms with van der Waals surface area (Å²) in [4.78, 5) is 25.4. The first-order valence-corrected chi connectivity index (χ1v) is 7.13. The van der Waals surface area contributed by atoms with Crippen LogP contribution >= 0.6 is 15.9 Å². The minimum atomic E-state index is -0.742. The summed E-state index contributed by atoms with van der Waals surface area (Å²) in [6.45, 7) is 2.56. The SMILES string of the molecule is O=C(Nc1ccc(Br)c(F)c1)C(=O)N1CCCNCC1. The average molecular weight is 344 g/mol. The number of hydrogen-bond donors (Lipinski definition) is 2. The van der Waals surface area contributed by atoms with E-state index in [1.165, 1.54) is 23.1 Å². The van der Waals surface area contributed by atoms with Crippen LogP contribution in [0.3, 0.4) is 0 Å². The van der Waals surface area contributed by atoms with Crippen LogP contribution in [-0.2, 0) is 9.59 Å². The monoisotopic (exact) mass is 343 g/mol. The quantitative estimate of drug-likeness (QED) is 0.756. The van der Waals surface area contributed by atoms with Crippen LogP contribution in [0.15, 0.2) is 22.7 Å². The molecule has 0 saturated carbocycles. The molecule has 5 nitrogen and oxygen atoms in total. The number of amides is 2. The van der Waals surface area contributed by atoms with Crippen molar-refractivity contribution in [1.82, 2.24) is 10.2 Å². The predicted molar refractivity (Wildman–Crippen MR) is 76.8 cm³/mol. The Balaban J connectivity index is 1.99. The molecule has 1 aromatic carbocycles. The predicted octanol–water partition coefficient (Wildman–Crippen LogP) is 1.35. The number of carbonyl (C=O) groups is 2. The summed E-state index contributed by atoms with van der Waals surface area (Å²) in [7, 11) is 0. The molecule has 1 saturated heterocycles. The molecule has 108 valence electrons. The maximum Gasteiger partial charge on any atom is 0.313 e. The molecule has 2 amide bonds. The molecule has 0 radical (unpaired) electrons. The van der Waals surface area contributed by atoms with Crippen molar-refractivity contribution in [2.75, 3.05) is 31.5 Å². The Hall–Kier alpha value is -1.47. The molecule has 0 spiro atoms. The summed E-state index contributed by atoms with van der Waals surface area (Å²) >= 11 is 3.03. The molecule has 2 rings (SSSR count). The molecule has 20 heavy (non-hydrogen) atoms. The minimum Gasteiger partial charge on any atom is -0.333 e. The third-order valence-corrected chi connectivity index (χ3v) is 3.64. The van der Waals surface area contributed by atoms with Crippen LogP contribution in [0.5, 0.6) is 0 Å². The standard InChI is InChI=1S/C13H15BrFN3O2/c14-10-3-2-9(8-11(10)15)17-12(19)13(20)18-6-1-4-16-5-7-18/h2-3,8,16H,1,4-7H2,(H,17,19). The zero-order valence-electron chi connectivity index (χ0n) is 10.8. The molecular formula is C13H15BrFN3O2. The van der Waals surface area contributed by atoms with E-state index >= 15 is 0 Å². The van der Waals surface area contributed by atoms with Crippen LogP contribution in [0, 0.1) is 5.82 Å². The Morgan fingerprint density at radius 3 is 2.85 bits per heavy atom. The number of nitrogens with one attached hydrogen (secondary N) is 2. The molecule has 1 fully saturated rings. The van der Waals surface area contributed by atoms with Gasteiger partial charge < -0.3 is 15.5 Å². The van der Waals surface area contributed by atoms with Crippen molar-refractivity contribution < 1.29 is 14.0 Å². The lowest BCUT2D eigenvalue weighted by atomic mass is 10.3. The summed E-state index contributed by atoms with van der Waals surface area (Å²) in [5.74, 6) is -1.82. The first kappa shape index (κ1) is 14.9. The highest BCUT2D eigenvalue weighted by Gasteiger charge is 2.22. The third kappa shape index (κ3) is 3.77. The highest BCUT2D eigenvalue weighted by molar-refractivity contribution is 9.10. The minimum absolute atomic E-state index is 0.261. The van der Waals surface area contributed by atoms with E-state index in [1.807, 2.05) is 0 Å². The van der Waals surface area contributed by atoms with Crippen molar-refractivity contribution in [3.8, 4) is 0 Å². The summed E-state index contributed by atoms with van der Waals surface area (Å²) < 4.78 is 13.6. The van der Waals surface area contributed by atoms with Gasteiger partial charge in [0.2, 0.25) is 0 Å². The van der Waals surface area contributed by atoms with Crippen LogP contribution in [0.2, 0.25) is 0 Å². The zero-order valence-corrected chi connectivity index (χ0v) is 12.4. The maximum absolute atomic E-state index is 13.3. The molecule has 0 aliphatic carbocycles. The first-order chi connectivity index (χ1) is 9.58.